The molecule has 1 rings (SSSR count). The molecule has 0 atom stereocenters. The molecular weight excluding hydrogens is 297 g/mol. The summed E-state index contributed by atoms with van der Waals surface area (Å²) >= 11 is 0. The van der Waals surface area contributed by atoms with Gasteiger partial charge in [-0.05, 0) is 0 Å². The maximum absolute atomic E-state index is 11.8. The largest absolute Gasteiger partial charge is 0.522 e. The van der Waals surface area contributed by atoms with Gasteiger partial charge in [0, 0.05) is 29.8 Å². The SMILES string of the molecule is CCc1nc(S(=O)(=O)Cl)cn1CCOC(F)(F)F. The average Bonchev–Trinajstić information content (AvgIpc) is 2.58. The van der Waals surface area contributed by atoms with Crippen LogP contribution in [0.4, 0.5) is 13.2 Å². The highest BCUT2D eigenvalue weighted by Crippen LogP contribution is 2.17. The van der Waals surface area contributed by atoms with Crippen molar-refractivity contribution in [2.24, 2.45) is 0 Å². The fraction of sp³-hybridized carbons (Fsp3) is 0.625. The molecule has 5 nitrogen and oxygen atoms in total. The molecule has 0 amide bonds. The normalized spacial score (nSPS) is 12.9. The minimum absolute atomic E-state index is 0.165. The average molecular weight is 307 g/mol. The Bertz CT molecular complexity index is 512. The van der Waals surface area contributed by atoms with Gasteiger partial charge in [0.1, 0.15) is 5.82 Å². The molecule has 0 bridgehead atoms. The molecule has 104 valence electrons. The van der Waals surface area contributed by atoms with Gasteiger partial charge in [-0.3, -0.25) is 4.74 Å². The van der Waals surface area contributed by atoms with Crippen molar-refractivity contribution in [1.29, 1.82) is 0 Å². The third-order valence-corrected chi connectivity index (χ3v) is 3.17. The van der Waals surface area contributed by atoms with Gasteiger partial charge in [-0.25, -0.2) is 13.4 Å². The number of aromatic nitrogens is 2. The Labute approximate surface area is 106 Å². The number of hydrogen-bond acceptors (Lipinski definition) is 4. The first-order chi connectivity index (χ1) is 8.13. The lowest BCUT2D eigenvalue weighted by atomic mass is 10.4. The second kappa shape index (κ2) is 5.45. The first-order valence-corrected chi connectivity index (χ1v) is 7.16. The number of ether oxygens (including phenoxy) is 1. The molecule has 0 aliphatic heterocycles. The van der Waals surface area contributed by atoms with Gasteiger partial charge in [-0.2, -0.15) is 0 Å². The lowest BCUT2D eigenvalue weighted by molar-refractivity contribution is -0.325. The van der Waals surface area contributed by atoms with E-state index in [4.69, 9.17) is 10.7 Å². The second-order valence-corrected chi connectivity index (χ2v) is 5.79. The van der Waals surface area contributed by atoms with Crippen LogP contribution < -0.4 is 0 Å². The molecule has 1 aromatic rings. The smallest absolute Gasteiger partial charge is 0.331 e. The summed E-state index contributed by atoms with van der Waals surface area (Å²) in [6, 6.07) is 0. The number of halogens is 4. The second-order valence-electron chi connectivity index (χ2n) is 3.27. The van der Waals surface area contributed by atoms with Crippen LogP contribution in [0.3, 0.4) is 0 Å². The quantitative estimate of drug-likeness (QED) is 0.780. The summed E-state index contributed by atoms with van der Waals surface area (Å²) in [6.45, 7) is 0.894. The topological polar surface area (TPSA) is 61.2 Å². The number of aryl methyl sites for hydroxylation is 1. The van der Waals surface area contributed by atoms with Gasteiger partial charge >= 0.3 is 6.36 Å². The molecule has 0 saturated heterocycles. The summed E-state index contributed by atoms with van der Waals surface area (Å²) in [5, 5.41) is -0.381. The molecule has 0 saturated carbocycles. The molecule has 1 aromatic heterocycles. The highest BCUT2D eigenvalue weighted by molar-refractivity contribution is 8.13. The first-order valence-electron chi connectivity index (χ1n) is 4.85. The van der Waals surface area contributed by atoms with Crippen LogP contribution in [0.5, 0.6) is 0 Å². The van der Waals surface area contributed by atoms with Crippen LogP contribution in [-0.4, -0.2) is 30.9 Å². The van der Waals surface area contributed by atoms with Crippen molar-refractivity contribution in [1.82, 2.24) is 9.55 Å². The minimum atomic E-state index is -4.71. The van der Waals surface area contributed by atoms with E-state index in [2.05, 4.69) is 9.72 Å². The predicted octanol–water partition coefficient (Wildman–Crippen LogP) is 1.91. The Kier molecular flexibility index (Phi) is 4.62. The summed E-state index contributed by atoms with van der Waals surface area (Å²) in [5.41, 5.74) is 0. The van der Waals surface area contributed by atoms with Crippen LogP contribution in [-0.2, 0) is 26.8 Å². The zero-order valence-corrected chi connectivity index (χ0v) is 10.8. The molecule has 18 heavy (non-hydrogen) atoms. The van der Waals surface area contributed by atoms with Crippen LogP contribution in [0.25, 0.3) is 0 Å². The highest BCUT2D eigenvalue weighted by atomic mass is 35.7. The van der Waals surface area contributed by atoms with Crippen LogP contribution in [0.2, 0.25) is 0 Å². The minimum Gasteiger partial charge on any atom is -0.331 e. The summed E-state index contributed by atoms with van der Waals surface area (Å²) in [7, 11) is 1.10. The third kappa shape index (κ3) is 4.46. The molecule has 0 N–H and O–H groups in total. The summed E-state index contributed by atoms with van der Waals surface area (Å²) in [6.07, 6.45) is -3.27. The Morgan fingerprint density at radius 1 is 1.50 bits per heavy atom. The molecule has 0 unspecified atom stereocenters. The fourth-order valence-corrected chi connectivity index (χ4v) is 1.97. The summed E-state index contributed by atoms with van der Waals surface area (Å²) in [4.78, 5) is 3.72. The number of rotatable bonds is 5. The van der Waals surface area contributed by atoms with Crippen molar-refractivity contribution in [3.8, 4) is 0 Å². The number of hydrogen-bond donors (Lipinski definition) is 0. The van der Waals surface area contributed by atoms with E-state index in [1.54, 1.807) is 6.92 Å². The molecule has 10 heteroatoms. The van der Waals surface area contributed by atoms with Gasteiger partial charge in [0.2, 0.25) is 0 Å². The summed E-state index contributed by atoms with van der Waals surface area (Å²) in [5.74, 6) is 0.319. The summed E-state index contributed by atoms with van der Waals surface area (Å²) < 4.78 is 62.2. The van der Waals surface area contributed by atoms with Gasteiger partial charge in [0.05, 0.1) is 6.61 Å². The number of nitrogens with zero attached hydrogens (tertiary/aromatic N) is 2. The molecule has 0 aliphatic rings. The highest BCUT2D eigenvalue weighted by Gasteiger charge is 2.28. The van der Waals surface area contributed by atoms with Gasteiger partial charge in [0.15, 0.2) is 5.03 Å². The zero-order chi connectivity index (χ0) is 14.0. The fourth-order valence-electron chi connectivity index (χ4n) is 1.28. The Morgan fingerprint density at radius 2 is 2.11 bits per heavy atom. The van der Waals surface area contributed by atoms with E-state index < -0.39 is 22.0 Å². The van der Waals surface area contributed by atoms with E-state index in [1.807, 2.05) is 0 Å². The van der Waals surface area contributed by atoms with E-state index in [9.17, 15) is 21.6 Å². The van der Waals surface area contributed by atoms with Gasteiger partial charge in [0.25, 0.3) is 9.05 Å². The lowest BCUT2D eigenvalue weighted by Gasteiger charge is -2.09. The van der Waals surface area contributed by atoms with Crippen molar-refractivity contribution in [3.05, 3.63) is 12.0 Å². The van der Waals surface area contributed by atoms with Crippen LogP contribution in [0, 0.1) is 0 Å². The Hall–Kier alpha value is -0.800. The maximum atomic E-state index is 11.8. The van der Waals surface area contributed by atoms with Gasteiger partial charge < -0.3 is 4.57 Å². The molecule has 0 fully saturated rings. The predicted molar refractivity (Wildman–Crippen MR) is 56.7 cm³/mol. The van der Waals surface area contributed by atoms with Crippen molar-refractivity contribution in [2.45, 2.75) is 31.3 Å². The van der Waals surface area contributed by atoms with E-state index in [1.165, 1.54) is 4.57 Å². The standard InChI is InChI=1S/C8H10ClF3N2O3S/c1-2-6-13-7(18(9,15)16)5-14(6)3-4-17-8(10,11)12/h5H,2-4H2,1H3. The third-order valence-electron chi connectivity index (χ3n) is 2.00. The number of imidazole rings is 1. The van der Waals surface area contributed by atoms with Crippen molar-refractivity contribution < 1.29 is 26.3 Å². The van der Waals surface area contributed by atoms with Gasteiger partial charge in [-0.1, -0.05) is 6.92 Å². The molecule has 0 aromatic carbocycles. The van der Waals surface area contributed by atoms with Crippen molar-refractivity contribution in [2.75, 3.05) is 6.61 Å². The number of alkyl halides is 3. The van der Waals surface area contributed by atoms with E-state index in [0.717, 1.165) is 6.20 Å². The molecule has 1 heterocycles. The van der Waals surface area contributed by atoms with Crippen molar-refractivity contribution in [3.63, 3.8) is 0 Å². The molecule has 0 spiro atoms. The maximum Gasteiger partial charge on any atom is 0.522 e. The Morgan fingerprint density at radius 3 is 2.56 bits per heavy atom. The molecular formula is C8H10ClF3N2O3S. The molecule has 0 aliphatic carbocycles. The monoisotopic (exact) mass is 306 g/mol. The van der Waals surface area contributed by atoms with Crippen LogP contribution >= 0.6 is 10.7 Å². The van der Waals surface area contributed by atoms with Crippen LogP contribution in [0.15, 0.2) is 11.2 Å². The zero-order valence-electron chi connectivity index (χ0n) is 9.24. The van der Waals surface area contributed by atoms with E-state index in [-0.39, 0.29) is 11.6 Å². The Balaban J connectivity index is 2.80. The van der Waals surface area contributed by atoms with E-state index >= 15 is 0 Å². The van der Waals surface area contributed by atoms with Crippen LogP contribution in [0.1, 0.15) is 12.7 Å². The lowest BCUT2D eigenvalue weighted by Crippen LogP contribution is -2.18. The van der Waals surface area contributed by atoms with Crippen molar-refractivity contribution >= 4 is 19.7 Å². The van der Waals surface area contributed by atoms with Gasteiger partial charge in [-0.15, -0.1) is 13.2 Å². The first kappa shape index (κ1) is 15.3. The molecule has 0 radical (unpaired) electrons. The van der Waals surface area contributed by atoms with E-state index in [0.29, 0.717) is 12.2 Å².